The largest absolute Gasteiger partial charge is 0.756 e. The van der Waals surface area contributed by atoms with E-state index in [1.165, 1.54) is 283 Å². The number of phosphoric acid groups is 1. The first-order valence-electron chi connectivity index (χ1n) is 33.2. The first-order chi connectivity index (χ1) is 36.5. The van der Waals surface area contributed by atoms with E-state index in [2.05, 4.69) is 31.3 Å². The third-order valence-electron chi connectivity index (χ3n) is 15.4. The number of phosphoric ester groups is 1. The van der Waals surface area contributed by atoms with E-state index in [4.69, 9.17) is 9.05 Å². The van der Waals surface area contributed by atoms with Crippen molar-refractivity contribution in [3.63, 3.8) is 0 Å². The van der Waals surface area contributed by atoms with Gasteiger partial charge >= 0.3 is 0 Å². The van der Waals surface area contributed by atoms with Crippen LogP contribution in [0.1, 0.15) is 341 Å². The summed E-state index contributed by atoms with van der Waals surface area (Å²) in [5.41, 5.74) is 0. The Kier molecular flexibility index (Phi) is 56.9. The van der Waals surface area contributed by atoms with Gasteiger partial charge in [-0.15, -0.1) is 0 Å². The van der Waals surface area contributed by atoms with Crippen molar-refractivity contribution in [1.29, 1.82) is 0 Å². The molecule has 9 heteroatoms. The van der Waals surface area contributed by atoms with Crippen LogP contribution >= 0.6 is 7.82 Å². The second-order valence-corrected chi connectivity index (χ2v) is 25.6. The fourth-order valence-electron chi connectivity index (χ4n) is 10.2. The molecule has 0 rings (SSSR count). The molecule has 0 aromatic heterocycles. The summed E-state index contributed by atoms with van der Waals surface area (Å²) >= 11 is 0. The molecule has 0 bridgehead atoms. The Bertz CT molecular complexity index is 1270. The van der Waals surface area contributed by atoms with Crippen LogP contribution in [0, 0.1) is 0 Å². The van der Waals surface area contributed by atoms with Gasteiger partial charge in [0.25, 0.3) is 7.82 Å². The van der Waals surface area contributed by atoms with Crippen molar-refractivity contribution in [3.8, 4) is 0 Å². The number of quaternary nitrogens is 1. The van der Waals surface area contributed by atoms with E-state index in [0.29, 0.717) is 17.4 Å². The molecule has 0 aliphatic rings. The molecule has 0 aliphatic heterocycles. The predicted octanol–water partition coefficient (Wildman–Crippen LogP) is 20.1. The molecule has 0 aliphatic carbocycles. The molecular formula is C66H131N2O6P. The number of aliphatic hydroxyl groups excluding tert-OH is 1. The Morgan fingerprint density at radius 3 is 1.04 bits per heavy atom. The van der Waals surface area contributed by atoms with Gasteiger partial charge < -0.3 is 28.8 Å². The maximum absolute atomic E-state index is 13.0. The Morgan fingerprint density at radius 2 is 0.733 bits per heavy atom. The molecule has 0 radical (unpaired) electrons. The molecular weight excluding hydrogens is 948 g/mol. The van der Waals surface area contributed by atoms with Crippen LogP contribution in [0.25, 0.3) is 0 Å². The van der Waals surface area contributed by atoms with Crippen LogP contribution in [0.3, 0.4) is 0 Å². The highest BCUT2D eigenvalue weighted by molar-refractivity contribution is 7.45. The molecule has 0 saturated carbocycles. The highest BCUT2D eigenvalue weighted by Crippen LogP contribution is 2.38. The fourth-order valence-corrected chi connectivity index (χ4v) is 10.9. The zero-order valence-electron chi connectivity index (χ0n) is 51.0. The van der Waals surface area contributed by atoms with Gasteiger partial charge in [0.15, 0.2) is 0 Å². The molecule has 75 heavy (non-hydrogen) atoms. The average molecular weight is 1080 g/mol. The monoisotopic (exact) mass is 1080 g/mol. The van der Waals surface area contributed by atoms with E-state index in [0.717, 1.165) is 38.5 Å². The highest BCUT2D eigenvalue weighted by atomic mass is 31.2. The minimum Gasteiger partial charge on any atom is -0.756 e. The molecule has 0 spiro atoms. The molecule has 2 N–H and O–H groups in total. The summed E-state index contributed by atoms with van der Waals surface area (Å²) < 4.78 is 23.4. The lowest BCUT2D eigenvalue weighted by Crippen LogP contribution is -2.45. The van der Waals surface area contributed by atoms with Crippen LogP contribution in [0.5, 0.6) is 0 Å². The van der Waals surface area contributed by atoms with Gasteiger partial charge in [0.1, 0.15) is 13.2 Å². The van der Waals surface area contributed by atoms with Crippen molar-refractivity contribution in [2.45, 2.75) is 353 Å². The number of rotatable bonds is 62. The summed E-state index contributed by atoms with van der Waals surface area (Å²) in [4.78, 5) is 25.6. The van der Waals surface area contributed by atoms with Gasteiger partial charge in [-0.25, -0.2) is 0 Å². The highest BCUT2D eigenvalue weighted by Gasteiger charge is 2.23. The van der Waals surface area contributed by atoms with E-state index in [-0.39, 0.29) is 19.1 Å². The second-order valence-electron chi connectivity index (χ2n) is 24.2. The van der Waals surface area contributed by atoms with Crippen LogP contribution in [0.2, 0.25) is 0 Å². The van der Waals surface area contributed by atoms with Crippen LogP contribution in [-0.2, 0) is 18.4 Å². The van der Waals surface area contributed by atoms with Gasteiger partial charge in [-0.1, -0.05) is 314 Å². The summed E-state index contributed by atoms with van der Waals surface area (Å²) in [6, 6.07) is -0.885. The molecule has 0 heterocycles. The van der Waals surface area contributed by atoms with Crippen molar-refractivity contribution in [2.24, 2.45) is 0 Å². The SMILES string of the molecule is CCCCCCCCCC/C=C\CCCCCCCCCCCCCCCCCCCC(=O)NC(COP(=O)([O-])OCC[N+](C)(C)C)C(O)/C=C/CCCCCCCCCCCCCCCCCCCCCCCC. The Morgan fingerprint density at radius 1 is 0.453 bits per heavy atom. The Hall–Kier alpha value is -1.02. The number of nitrogens with one attached hydrogen (secondary N) is 1. The summed E-state index contributed by atoms with van der Waals surface area (Å²) in [7, 11) is 1.28. The number of carbonyl (C=O) groups is 1. The number of aliphatic hydroxyl groups is 1. The molecule has 3 unspecified atom stereocenters. The first kappa shape index (κ1) is 74.0. The summed E-state index contributed by atoms with van der Waals surface area (Å²) in [6.07, 6.45) is 74.2. The van der Waals surface area contributed by atoms with Crippen molar-refractivity contribution >= 4 is 13.7 Å². The number of allylic oxidation sites excluding steroid dienone is 3. The Balaban J connectivity index is 4.08. The molecule has 3 atom stereocenters. The maximum atomic E-state index is 13.0. The van der Waals surface area contributed by atoms with Gasteiger partial charge in [0.05, 0.1) is 39.9 Å². The summed E-state index contributed by atoms with van der Waals surface area (Å²) in [5, 5.41) is 14.0. The number of hydrogen-bond donors (Lipinski definition) is 2. The second kappa shape index (κ2) is 57.7. The summed E-state index contributed by atoms with van der Waals surface area (Å²) in [5.74, 6) is -0.190. The average Bonchev–Trinajstić information content (AvgIpc) is 3.37. The smallest absolute Gasteiger partial charge is 0.268 e. The van der Waals surface area contributed by atoms with Crippen molar-refractivity contribution in [2.75, 3.05) is 40.9 Å². The molecule has 0 saturated heterocycles. The van der Waals surface area contributed by atoms with E-state index in [9.17, 15) is 19.4 Å². The van der Waals surface area contributed by atoms with Gasteiger partial charge in [-0.05, 0) is 44.9 Å². The molecule has 0 aromatic rings. The van der Waals surface area contributed by atoms with Gasteiger partial charge in [-0.2, -0.15) is 0 Å². The summed E-state index contributed by atoms with van der Waals surface area (Å²) in [6.45, 7) is 4.71. The topological polar surface area (TPSA) is 108 Å². The molecule has 0 fully saturated rings. The Labute approximate surface area is 468 Å². The standard InChI is InChI=1S/C66H131N2O6P/c1-6-8-10-12-14-16-18-20-22-24-26-28-30-32-33-34-35-36-38-40-42-44-46-48-50-52-54-56-58-60-66(70)67-64(63-74-75(71,72)73-62-61-68(3,4)5)65(69)59-57-55-53-51-49-47-45-43-41-39-37-31-29-27-25-23-21-19-17-15-13-11-9-7-2/h24,26,57,59,64-65,69H,6-23,25,27-56,58,60-63H2,1-5H3,(H-,67,70,71,72)/b26-24-,59-57+. The maximum Gasteiger partial charge on any atom is 0.268 e. The number of nitrogens with zero attached hydrogens (tertiary/aromatic N) is 1. The lowest BCUT2D eigenvalue weighted by molar-refractivity contribution is -0.870. The van der Waals surface area contributed by atoms with Crippen LogP contribution in [0.4, 0.5) is 0 Å². The van der Waals surface area contributed by atoms with Gasteiger partial charge in [0.2, 0.25) is 5.91 Å². The van der Waals surface area contributed by atoms with Crippen LogP contribution in [-0.4, -0.2) is 68.5 Å². The normalized spacial score (nSPS) is 13.9. The fraction of sp³-hybridized carbons (Fsp3) is 0.924. The first-order valence-corrected chi connectivity index (χ1v) is 34.7. The third-order valence-corrected chi connectivity index (χ3v) is 16.4. The van der Waals surface area contributed by atoms with Crippen LogP contribution < -0.4 is 10.2 Å². The van der Waals surface area contributed by atoms with Gasteiger partial charge in [0, 0.05) is 6.42 Å². The number of unbranched alkanes of at least 4 members (excludes halogenated alkanes) is 47. The number of amides is 1. The minimum absolute atomic E-state index is 0.00171. The molecule has 8 nitrogen and oxygen atoms in total. The zero-order chi connectivity index (χ0) is 54.9. The van der Waals surface area contributed by atoms with Gasteiger partial charge in [-0.3, -0.25) is 9.36 Å². The quantitative estimate of drug-likeness (QED) is 0.0272. The van der Waals surface area contributed by atoms with Crippen LogP contribution in [0.15, 0.2) is 24.3 Å². The van der Waals surface area contributed by atoms with Crippen molar-refractivity contribution in [3.05, 3.63) is 24.3 Å². The third kappa shape index (κ3) is 60.5. The predicted molar refractivity (Wildman–Crippen MR) is 325 cm³/mol. The zero-order valence-corrected chi connectivity index (χ0v) is 51.9. The van der Waals surface area contributed by atoms with E-state index < -0.39 is 20.0 Å². The number of hydrogen-bond acceptors (Lipinski definition) is 6. The molecule has 1 amide bonds. The number of likely N-dealkylation sites (N-methyl/N-ethyl adjacent to an activating group) is 1. The lowest BCUT2D eigenvalue weighted by atomic mass is 10.0. The van der Waals surface area contributed by atoms with E-state index >= 15 is 0 Å². The number of carbonyl (C=O) groups excluding carboxylic acids is 1. The van der Waals surface area contributed by atoms with E-state index in [1.807, 2.05) is 27.2 Å². The van der Waals surface area contributed by atoms with Crippen molar-refractivity contribution < 1.29 is 32.9 Å². The molecule has 446 valence electrons. The minimum atomic E-state index is -4.60. The van der Waals surface area contributed by atoms with Crippen molar-refractivity contribution in [1.82, 2.24) is 5.32 Å². The van der Waals surface area contributed by atoms with E-state index in [1.54, 1.807) is 6.08 Å². The molecule has 0 aromatic carbocycles. The lowest BCUT2D eigenvalue weighted by Gasteiger charge is -2.29.